The number of carbonyl (C=O) groups is 2. The molecule has 2 unspecified atom stereocenters. The van der Waals surface area contributed by atoms with Crippen LogP contribution in [0.5, 0.6) is 11.5 Å². The van der Waals surface area contributed by atoms with Gasteiger partial charge in [-0.25, -0.2) is 0 Å². The van der Waals surface area contributed by atoms with Gasteiger partial charge in [-0.2, -0.15) is 0 Å². The van der Waals surface area contributed by atoms with Gasteiger partial charge in [-0.1, -0.05) is 83.9 Å². The van der Waals surface area contributed by atoms with E-state index < -0.39 is 24.0 Å². The summed E-state index contributed by atoms with van der Waals surface area (Å²) in [5.74, 6) is 0.115. The molecule has 4 rings (SSSR count). The number of hydrogen-bond acceptors (Lipinski definition) is 4. The summed E-state index contributed by atoms with van der Waals surface area (Å²) in [5, 5.41) is 3.57. The maximum absolute atomic E-state index is 13.0. The zero-order valence-corrected chi connectivity index (χ0v) is 21.9. The lowest BCUT2D eigenvalue weighted by atomic mass is 10.0. The van der Waals surface area contributed by atoms with Crippen molar-refractivity contribution in [3.05, 3.63) is 130 Å². The van der Waals surface area contributed by atoms with Crippen LogP contribution in [0.25, 0.3) is 0 Å². The number of ether oxygens (including phenoxy) is 2. The third kappa shape index (κ3) is 7.59. The maximum atomic E-state index is 13.0. The molecule has 38 heavy (non-hydrogen) atoms. The second-order valence-corrected chi connectivity index (χ2v) is 9.41. The van der Waals surface area contributed by atoms with Crippen LogP contribution in [0.2, 0.25) is 10.0 Å². The molecular formula is C30H26Cl2N2O4. The van der Waals surface area contributed by atoms with Gasteiger partial charge in [0.25, 0.3) is 0 Å². The Kier molecular flexibility index (Phi) is 9.38. The van der Waals surface area contributed by atoms with Crippen LogP contribution in [0.3, 0.4) is 0 Å². The Balaban J connectivity index is 1.56. The van der Waals surface area contributed by atoms with Gasteiger partial charge < -0.3 is 20.5 Å². The van der Waals surface area contributed by atoms with Gasteiger partial charge in [0.05, 0.1) is 13.0 Å². The summed E-state index contributed by atoms with van der Waals surface area (Å²) in [6, 6.07) is 29.7. The van der Waals surface area contributed by atoms with E-state index in [1.54, 1.807) is 42.5 Å². The summed E-state index contributed by atoms with van der Waals surface area (Å²) in [7, 11) is 0. The third-order valence-electron chi connectivity index (χ3n) is 5.74. The second kappa shape index (κ2) is 13.1. The van der Waals surface area contributed by atoms with E-state index in [2.05, 4.69) is 5.32 Å². The van der Waals surface area contributed by atoms with Crippen LogP contribution >= 0.6 is 23.2 Å². The smallest absolute Gasteiger partial charge is 0.243 e. The number of nitrogens with two attached hydrogens (primary N) is 1. The van der Waals surface area contributed by atoms with E-state index in [-0.39, 0.29) is 13.0 Å². The zero-order chi connectivity index (χ0) is 26.9. The molecule has 4 aromatic carbocycles. The average molecular weight is 549 g/mol. The first-order valence-electron chi connectivity index (χ1n) is 11.9. The zero-order valence-electron chi connectivity index (χ0n) is 20.4. The van der Waals surface area contributed by atoms with Crippen LogP contribution in [0.1, 0.15) is 22.8 Å². The summed E-state index contributed by atoms with van der Waals surface area (Å²) in [6.07, 6.45) is -0.949. The number of benzene rings is 4. The van der Waals surface area contributed by atoms with Gasteiger partial charge in [0.1, 0.15) is 23.6 Å². The van der Waals surface area contributed by atoms with E-state index in [4.69, 9.17) is 38.4 Å². The molecule has 3 N–H and O–H groups in total. The van der Waals surface area contributed by atoms with Crippen LogP contribution in [0, 0.1) is 0 Å². The fourth-order valence-electron chi connectivity index (χ4n) is 3.87. The number of halogens is 2. The molecule has 0 spiro atoms. The molecule has 194 valence electrons. The van der Waals surface area contributed by atoms with Crippen LogP contribution in [-0.2, 0) is 27.4 Å². The van der Waals surface area contributed by atoms with Crippen molar-refractivity contribution in [3.8, 4) is 11.5 Å². The largest absolute Gasteiger partial charge is 0.457 e. The first-order chi connectivity index (χ1) is 18.4. The minimum absolute atomic E-state index is 0.0849. The van der Waals surface area contributed by atoms with Gasteiger partial charge in [0, 0.05) is 10.0 Å². The van der Waals surface area contributed by atoms with Gasteiger partial charge in [-0.15, -0.1) is 0 Å². The number of para-hydroxylation sites is 1. The lowest BCUT2D eigenvalue weighted by Gasteiger charge is -2.27. The first kappa shape index (κ1) is 27.2. The fourth-order valence-corrected chi connectivity index (χ4v) is 4.25. The van der Waals surface area contributed by atoms with Crippen molar-refractivity contribution in [1.82, 2.24) is 5.32 Å². The maximum Gasteiger partial charge on any atom is 0.243 e. The molecule has 0 bridgehead atoms. The summed E-state index contributed by atoms with van der Waals surface area (Å²) in [5.41, 5.74) is 7.85. The number of primary amides is 1. The minimum atomic E-state index is -1.15. The van der Waals surface area contributed by atoms with E-state index in [0.29, 0.717) is 32.7 Å². The summed E-state index contributed by atoms with van der Waals surface area (Å²) in [4.78, 5) is 25.6. The highest BCUT2D eigenvalue weighted by molar-refractivity contribution is 6.33. The summed E-state index contributed by atoms with van der Waals surface area (Å²) in [6.45, 7) is 0.202. The molecule has 2 amide bonds. The second-order valence-electron chi connectivity index (χ2n) is 8.56. The molecule has 8 heteroatoms. The molecule has 4 aromatic rings. The Labute approximate surface area is 231 Å². The van der Waals surface area contributed by atoms with Crippen molar-refractivity contribution in [2.24, 2.45) is 5.73 Å². The summed E-state index contributed by atoms with van der Waals surface area (Å²) < 4.78 is 12.1. The molecule has 0 radical (unpaired) electrons. The van der Waals surface area contributed by atoms with Gasteiger partial charge in [0.15, 0.2) is 0 Å². The molecule has 0 aliphatic rings. The van der Waals surface area contributed by atoms with Gasteiger partial charge in [-0.05, 0) is 59.2 Å². The molecule has 0 aromatic heterocycles. The van der Waals surface area contributed by atoms with Crippen molar-refractivity contribution in [2.45, 2.75) is 25.2 Å². The molecule has 0 saturated carbocycles. The number of hydrogen-bond donors (Lipinski definition) is 2. The van der Waals surface area contributed by atoms with Crippen molar-refractivity contribution >= 4 is 35.0 Å². The van der Waals surface area contributed by atoms with Crippen molar-refractivity contribution in [1.29, 1.82) is 0 Å². The number of nitrogens with one attached hydrogen (secondary N) is 1. The number of rotatable bonds is 11. The molecule has 0 saturated heterocycles. The highest BCUT2D eigenvalue weighted by atomic mass is 35.5. The van der Waals surface area contributed by atoms with E-state index >= 15 is 0 Å². The van der Waals surface area contributed by atoms with Gasteiger partial charge in [-0.3, -0.25) is 9.59 Å². The van der Waals surface area contributed by atoms with Crippen molar-refractivity contribution < 1.29 is 19.1 Å². The monoisotopic (exact) mass is 548 g/mol. The molecule has 0 aliphatic carbocycles. The van der Waals surface area contributed by atoms with Gasteiger partial charge >= 0.3 is 0 Å². The van der Waals surface area contributed by atoms with E-state index in [1.165, 1.54) is 0 Å². The van der Waals surface area contributed by atoms with E-state index in [1.807, 2.05) is 60.7 Å². The van der Waals surface area contributed by atoms with Crippen LogP contribution in [-0.4, -0.2) is 17.9 Å². The number of amides is 2. The van der Waals surface area contributed by atoms with Crippen molar-refractivity contribution in [3.63, 3.8) is 0 Å². The van der Waals surface area contributed by atoms with Crippen LogP contribution < -0.4 is 15.8 Å². The fraction of sp³-hybridized carbons (Fsp3) is 0.133. The lowest BCUT2D eigenvalue weighted by molar-refractivity contribution is -0.131. The molecule has 0 fully saturated rings. The van der Waals surface area contributed by atoms with Crippen LogP contribution in [0.4, 0.5) is 0 Å². The SMILES string of the molecule is NC(=O)C(NC(=O)Cc1cc(Cl)ccc1Cl)C(OCc1ccccc1)c1ccc(Oc2ccccc2)cc1. The Bertz CT molecular complexity index is 1370. The normalized spacial score (nSPS) is 12.4. The topological polar surface area (TPSA) is 90.7 Å². The predicted octanol–water partition coefficient (Wildman–Crippen LogP) is 6.26. The quantitative estimate of drug-likeness (QED) is 0.231. The molecule has 6 nitrogen and oxygen atoms in total. The lowest BCUT2D eigenvalue weighted by Crippen LogP contribution is -2.49. The Morgan fingerprint density at radius 1 is 0.816 bits per heavy atom. The standard InChI is InChI=1S/C30H26Cl2N2O4/c31-23-13-16-26(32)22(17-23)18-27(35)34-28(30(33)36)29(37-19-20-7-3-1-4-8-20)21-11-14-25(15-12-21)38-24-9-5-2-6-10-24/h1-17,28-29H,18-19H2,(H2,33,36)(H,34,35). The molecule has 2 atom stereocenters. The summed E-state index contributed by atoms with van der Waals surface area (Å²) >= 11 is 12.3. The van der Waals surface area contributed by atoms with Crippen LogP contribution in [0.15, 0.2) is 103 Å². The van der Waals surface area contributed by atoms with E-state index in [9.17, 15) is 9.59 Å². The van der Waals surface area contributed by atoms with Crippen molar-refractivity contribution in [2.75, 3.05) is 0 Å². The third-order valence-corrected chi connectivity index (χ3v) is 6.35. The molecular weight excluding hydrogens is 523 g/mol. The first-order valence-corrected chi connectivity index (χ1v) is 12.7. The van der Waals surface area contributed by atoms with E-state index in [0.717, 1.165) is 5.56 Å². The number of carbonyl (C=O) groups excluding carboxylic acids is 2. The highest BCUT2D eigenvalue weighted by Crippen LogP contribution is 2.28. The highest BCUT2D eigenvalue weighted by Gasteiger charge is 2.31. The Morgan fingerprint density at radius 2 is 1.45 bits per heavy atom. The average Bonchev–Trinajstić information content (AvgIpc) is 2.92. The predicted molar refractivity (Wildman–Crippen MR) is 148 cm³/mol. The molecule has 0 heterocycles. The minimum Gasteiger partial charge on any atom is -0.457 e. The Morgan fingerprint density at radius 3 is 2.11 bits per heavy atom. The van der Waals surface area contributed by atoms with Gasteiger partial charge in [0.2, 0.25) is 11.8 Å². The molecule has 0 aliphatic heterocycles. The Hall–Kier alpha value is -3.84.